The average molecular weight is 297 g/mol. The molecule has 1 atom stereocenters. The first-order chi connectivity index (χ1) is 9.60. The van der Waals surface area contributed by atoms with Gasteiger partial charge in [0.1, 0.15) is 5.82 Å². The Bertz CT molecular complexity index is 492. The number of aromatic nitrogens is 1. The third kappa shape index (κ3) is 3.68. The number of pyridine rings is 1. The first-order valence-corrected chi connectivity index (χ1v) is 6.88. The molecule has 2 heterocycles. The normalized spacial score (nSPS) is 18.7. The van der Waals surface area contributed by atoms with Crippen LogP contribution >= 0.6 is 11.6 Å². The van der Waals surface area contributed by atoms with Gasteiger partial charge in [0.25, 0.3) is 0 Å². The number of nitrogens with zero attached hydrogens (tertiary/aromatic N) is 2. The Kier molecular flexibility index (Phi) is 4.92. The maximum Gasteiger partial charge on any atom is 0.236 e. The average Bonchev–Trinajstić information content (AvgIpc) is 2.49. The van der Waals surface area contributed by atoms with Crippen molar-refractivity contribution in [1.82, 2.24) is 9.88 Å². The molecule has 108 valence electrons. The molecule has 6 nitrogen and oxygen atoms in total. The lowest BCUT2D eigenvalue weighted by Crippen LogP contribution is -2.45. The van der Waals surface area contributed by atoms with Crippen LogP contribution in [0.5, 0.6) is 0 Å². The number of rotatable bonds is 3. The maximum atomic E-state index is 12.2. The standard InChI is InChI=1S/C13H17ClN4O2/c14-10-3-4-11(16-7-10)17-13(20)9-2-1-5-18(8-9)12(19)6-15/h3-4,7,9H,1-2,5-6,8,15H2,(H,16,17,20). The molecule has 0 aromatic carbocycles. The fraction of sp³-hybridized carbons (Fsp3) is 0.462. The second-order valence-electron chi connectivity index (χ2n) is 4.73. The minimum absolute atomic E-state index is 0.0208. The Morgan fingerprint density at radius 1 is 1.50 bits per heavy atom. The number of anilines is 1. The Balaban J connectivity index is 1.95. The van der Waals surface area contributed by atoms with Gasteiger partial charge in [0.2, 0.25) is 11.8 Å². The van der Waals surface area contributed by atoms with Crippen molar-refractivity contribution in [3.8, 4) is 0 Å². The quantitative estimate of drug-likeness (QED) is 0.866. The largest absolute Gasteiger partial charge is 0.341 e. The third-order valence-electron chi connectivity index (χ3n) is 3.30. The SMILES string of the molecule is NCC(=O)N1CCCC(C(=O)Nc2ccc(Cl)cn2)C1. The Labute approximate surface area is 122 Å². The van der Waals surface area contributed by atoms with E-state index in [4.69, 9.17) is 17.3 Å². The fourth-order valence-corrected chi connectivity index (χ4v) is 2.34. The van der Waals surface area contributed by atoms with Gasteiger partial charge >= 0.3 is 0 Å². The van der Waals surface area contributed by atoms with Crippen molar-refractivity contribution in [2.24, 2.45) is 11.7 Å². The molecule has 0 spiro atoms. The van der Waals surface area contributed by atoms with Crippen LogP contribution in [0, 0.1) is 5.92 Å². The number of carbonyl (C=O) groups is 2. The van der Waals surface area contributed by atoms with Crippen molar-refractivity contribution < 1.29 is 9.59 Å². The topological polar surface area (TPSA) is 88.3 Å². The van der Waals surface area contributed by atoms with Crippen molar-refractivity contribution in [2.75, 3.05) is 25.0 Å². The van der Waals surface area contributed by atoms with Gasteiger partial charge in [-0.25, -0.2) is 4.98 Å². The van der Waals surface area contributed by atoms with Crippen LogP contribution in [0.4, 0.5) is 5.82 Å². The lowest BCUT2D eigenvalue weighted by molar-refractivity contribution is -0.133. The van der Waals surface area contributed by atoms with Gasteiger partial charge in [-0.15, -0.1) is 0 Å². The number of amides is 2. The van der Waals surface area contributed by atoms with Crippen molar-refractivity contribution >= 4 is 29.2 Å². The number of hydrogen-bond donors (Lipinski definition) is 2. The Morgan fingerprint density at radius 2 is 2.30 bits per heavy atom. The van der Waals surface area contributed by atoms with Gasteiger partial charge < -0.3 is 16.0 Å². The van der Waals surface area contributed by atoms with Crippen molar-refractivity contribution in [3.05, 3.63) is 23.4 Å². The van der Waals surface area contributed by atoms with E-state index in [2.05, 4.69) is 10.3 Å². The molecule has 1 aromatic heterocycles. The summed E-state index contributed by atoms with van der Waals surface area (Å²) in [5.41, 5.74) is 5.35. The molecule has 0 aliphatic carbocycles. The predicted molar refractivity (Wildman–Crippen MR) is 76.2 cm³/mol. The van der Waals surface area contributed by atoms with Gasteiger partial charge in [-0.2, -0.15) is 0 Å². The van der Waals surface area contributed by atoms with Crippen LogP contribution in [0.15, 0.2) is 18.3 Å². The summed E-state index contributed by atoms with van der Waals surface area (Å²) in [5.74, 6) is -0.0140. The minimum atomic E-state index is -0.225. The minimum Gasteiger partial charge on any atom is -0.341 e. The van der Waals surface area contributed by atoms with Crippen molar-refractivity contribution in [3.63, 3.8) is 0 Å². The van der Waals surface area contributed by atoms with Gasteiger partial charge in [-0.1, -0.05) is 11.6 Å². The van der Waals surface area contributed by atoms with Crippen molar-refractivity contribution in [2.45, 2.75) is 12.8 Å². The lowest BCUT2D eigenvalue weighted by atomic mass is 9.97. The fourth-order valence-electron chi connectivity index (χ4n) is 2.22. The number of hydrogen-bond acceptors (Lipinski definition) is 4. The molecule has 1 fully saturated rings. The highest BCUT2D eigenvalue weighted by Crippen LogP contribution is 2.18. The van der Waals surface area contributed by atoms with Crippen LogP contribution in [-0.2, 0) is 9.59 Å². The van der Waals surface area contributed by atoms with Gasteiger partial charge in [-0.3, -0.25) is 9.59 Å². The van der Waals surface area contributed by atoms with E-state index in [-0.39, 0.29) is 24.3 Å². The molecule has 1 aromatic rings. The van der Waals surface area contributed by atoms with E-state index >= 15 is 0 Å². The van der Waals surface area contributed by atoms with Gasteiger partial charge in [0.05, 0.1) is 17.5 Å². The predicted octanol–water partition coefficient (Wildman–Crippen LogP) is 0.871. The van der Waals surface area contributed by atoms with Crippen LogP contribution in [0.2, 0.25) is 5.02 Å². The van der Waals surface area contributed by atoms with Crippen LogP contribution in [0.25, 0.3) is 0 Å². The maximum absolute atomic E-state index is 12.2. The van der Waals surface area contributed by atoms with Gasteiger partial charge in [0.15, 0.2) is 0 Å². The van der Waals surface area contributed by atoms with Crippen molar-refractivity contribution in [1.29, 1.82) is 0 Å². The Morgan fingerprint density at radius 3 is 2.95 bits per heavy atom. The van der Waals surface area contributed by atoms with E-state index in [9.17, 15) is 9.59 Å². The summed E-state index contributed by atoms with van der Waals surface area (Å²) in [4.78, 5) is 29.4. The molecule has 1 aliphatic rings. The number of carbonyl (C=O) groups excluding carboxylic acids is 2. The summed E-state index contributed by atoms with van der Waals surface area (Å²) in [6.45, 7) is 1.06. The number of nitrogens with one attached hydrogen (secondary N) is 1. The van der Waals surface area contributed by atoms with E-state index < -0.39 is 0 Å². The zero-order chi connectivity index (χ0) is 14.5. The molecule has 3 N–H and O–H groups in total. The molecule has 1 aliphatic heterocycles. The second-order valence-corrected chi connectivity index (χ2v) is 5.17. The van der Waals surface area contributed by atoms with E-state index in [1.54, 1.807) is 17.0 Å². The summed E-state index contributed by atoms with van der Waals surface area (Å²) >= 11 is 5.74. The van der Waals surface area contributed by atoms with Crippen LogP contribution in [0.1, 0.15) is 12.8 Å². The van der Waals surface area contributed by atoms with Gasteiger partial charge in [0, 0.05) is 19.3 Å². The van der Waals surface area contributed by atoms with Crippen LogP contribution < -0.4 is 11.1 Å². The van der Waals surface area contributed by atoms with E-state index in [1.165, 1.54) is 6.20 Å². The molecular weight excluding hydrogens is 280 g/mol. The smallest absolute Gasteiger partial charge is 0.236 e. The highest BCUT2D eigenvalue weighted by molar-refractivity contribution is 6.30. The number of halogens is 1. The number of likely N-dealkylation sites (tertiary alicyclic amines) is 1. The lowest BCUT2D eigenvalue weighted by Gasteiger charge is -2.31. The summed E-state index contributed by atoms with van der Waals surface area (Å²) in [6.07, 6.45) is 3.04. The molecule has 2 rings (SSSR count). The van der Waals surface area contributed by atoms with Crippen LogP contribution in [-0.4, -0.2) is 41.3 Å². The van der Waals surface area contributed by atoms with Gasteiger partial charge in [-0.05, 0) is 25.0 Å². The zero-order valence-corrected chi connectivity index (χ0v) is 11.8. The molecule has 0 saturated carbocycles. The second kappa shape index (κ2) is 6.67. The molecule has 1 unspecified atom stereocenters. The highest BCUT2D eigenvalue weighted by atomic mass is 35.5. The summed E-state index contributed by atoms with van der Waals surface area (Å²) in [5, 5.41) is 3.25. The molecule has 0 bridgehead atoms. The molecule has 0 radical (unpaired) electrons. The monoisotopic (exact) mass is 296 g/mol. The molecule has 2 amide bonds. The first-order valence-electron chi connectivity index (χ1n) is 6.50. The summed E-state index contributed by atoms with van der Waals surface area (Å²) in [6, 6.07) is 3.31. The van der Waals surface area contributed by atoms with E-state index in [0.717, 1.165) is 12.8 Å². The van der Waals surface area contributed by atoms with E-state index in [0.29, 0.717) is 23.9 Å². The third-order valence-corrected chi connectivity index (χ3v) is 3.52. The summed E-state index contributed by atoms with van der Waals surface area (Å²) < 4.78 is 0. The summed E-state index contributed by atoms with van der Waals surface area (Å²) in [7, 11) is 0. The van der Waals surface area contributed by atoms with Crippen LogP contribution in [0.3, 0.4) is 0 Å². The van der Waals surface area contributed by atoms with E-state index in [1.807, 2.05) is 0 Å². The Hall–Kier alpha value is -1.66. The first kappa shape index (κ1) is 14.7. The molecule has 20 heavy (non-hydrogen) atoms. The zero-order valence-electron chi connectivity index (χ0n) is 11.0. The number of piperidine rings is 1. The molecule has 7 heteroatoms. The molecular formula is C13H17ClN4O2. The molecule has 1 saturated heterocycles. The number of nitrogens with two attached hydrogens (primary N) is 1. The highest BCUT2D eigenvalue weighted by Gasteiger charge is 2.27.